The normalized spacial score (nSPS) is 17.6. The molecule has 1 saturated carbocycles. The van der Waals surface area contributed by atoms with Crippen molar-refractivity contribution in [3.05, 3.63) is 0 Å². The Morgan fingerprint density at radius 1 is 1.20 bits per heavy atom. The average molecular weight is 488 g/mol. The van der Waals surface area contributed by atoms with E-state index < -0.39 is 20.0 Å². The lowest BCUT2D eigenvalue weighted by atomic mass is 9.84. The van der Waals surface area contributed by atoms with Crippen molar-refractivity contribution in [3.8, 4) is 0 Å². The van der Waals surface area contributed by atoms with Crippen LogP contribution in [0.15, 0.2) is 4.99 Å². The highest BCUT2D eigenvalue weighted by Gasteiger charge is 2.42. The third-order valence-corrected chi connectivity index (χ3v) is 7.08. The van der Waals surface area contributed by atoms with E-state index in [9.17, 15) is 13.2 Å². The fraction of sp³-hybridized carbons (Fsp3) is 0.875. The molecule has 9 heteroatoms. The van der Waals surface area contributed by atoms with E-state index in [1.807, 2.05) is 0 Å². The van der Waals surface area contributed by atoms with Crippen LogP contribution in [-0.2, 0) is 14.6 Å². The molecule has 0 aliphatic heterocycles. The van der Waals surface area contributed by atoms with E-state index in [1.54, 1.807) is 39.9 Å². The smallest absolute Gasteiger partial charge is 0.230 e. The van der Waals surface area contributed by atoms with Crippen molar-refractivity contribution in [1.29, 1.82) is 0 Å². The van der Waals surface area contributed by atoms with Gasteiger partial charge in [-0.05, 0) is 26.7 Å². The Bertz CT molecular complexity index is 582. The minimum atomic E-state index is -3.18. The molecule has 0 aromatic carbocycles. The molecular weight excluding hydrogens is 455 g/mol. The van der Waals surface area contributed by atoms with Crippen LogP contribution in [0.25, 0.3) is 0 Å². The number of sulfone groups is 1. The minimum absolute atomic E-state index is 0. The van der Waals surface area contributed by atoms with Crippen molar-refractivity contribution in [2.24, 2.45) is 10.4 Å². The maximum Gasteiger partial charge on any atom is 0.230 e. The van der Waals surface area contributed by atoms with Gasteiger partial charge in [-0.2, -0.15) is 0 Å². The number of hydrogen-bond donors (Lipinski definition) is 2. The van der Waals surface area contributed by atoms with Crippen LogP contribution in [0.5, 0.6) is 0 Å². The van der Waals surface area contributed by atoms with Crippen molar-refractivity contribution in [2.45, 2.75) is 44.3 Å². The lowest BCUT2D eigenvalue weighted by molar-refractivity contribution is -0.138. The number of hydrogen-bond acceptors (Lipinski definition) is 4. The van der Waals surface area contributed by atoms with Gasteiger partial charge in [0.25, 0.3) is 0 Å². The fourth-order valence-corrected chi connectivity index (χ4v) is 3.23. The second-order valence-electron chi connectivity index (χ2n) is 7.50. The summed E-state index contributed by atoms with van der Waals surface area (Å²) in [6.45, 7) is 4.11. The number of amides is 1. The fourth-order valence-electron chi connectivity index (χ4n) is 2.89. The van der Waals surface area contributed by atoms with Gasteiger partial charge in [0.1, 0.15) is 0 Å². The molecule has 25 heavy (non-hydrogen) atoms. The average Bonchev–Trinajstić information content (AvgIpc) is 2.95. The summed E-state index contributed by atoms with van der Waals surface area (Å²) in [4.78, 5) is 18.4. The summed E-state index contributed by atoms with van der Waals surface area (Å²) < 4.78 is 22.7. The molecule has 1 amide bonds. The van der Waals surface area contributed by atoms with E-state index in [2.05, 4.69) is 15.6 Å². The molecule has 0 saturated heterocycles. The zero-order valence-corrected chi connectivity index (χ0v) is 19.3. The number of nitrogens with one attached hydrogen (secondary N) is 2. The number of rotatable bonds is 6. The molecule has 0 aromatic rings. The Morgan fingerprint density at radius 2 is 1.72 bits per heavy atom. The van der Waals surface area contributed by atoms with Crippen LogP contribution in [0.4, 0.5) is 0 Å². The number of aliphatic imine (C=N–C) groups is 1. The van der Waals surface area contributed by atoms with E-state index in [0.717, 1.165) is 25.7 Å². The Morgan fingerprint density at radius 3 is 2.12 bits per heavy atom. The van der Waals surface area contributed by atoms with E-state index in [-0.39, 0.29) is 36.4 Å². The Kier molecular flexibility index (Phi) is 9.17. The Hall–Kier alpha value is -0.580. The third-order valence-electron chi connectivity index (χ3n) is 4.92. The van der Waals surface area contributed by atoms with Crippen molar-refractivity contribution < 1.29 is 13.2 Å². The van der Waals surface area contributed by atoms with Crippen LogP contribution < -0.4 is 10.6 Å². The second kappa shape index (κ2) is 9.38. The van der Waals surface area contributed by atoms with Gasteiger partial charge < -0.3 is 15.5 Å². The summed E-state index contributed by atoms with van der Waals surface area (Å²) in [6.07, 6.45) is 5.06. The van der Waals surface area contributed by atoms with Crippen molar-refractivity contribution in [1.82, 2.24) is 15.5 Å². The van der Waals surface area contributed by atoms with Crippen molar-refractivity contribution in [2.75, 3.05) is 40.5 Å². The molecule has 148 valence electrons. The summed E-state index contributed by atoms with van der Waals surface area (Å²) in [5, 5.41) is 6.27. The number of halogens is 1. The van der Waals surface area contributed by atoms with E-state index in [1.165, 1.54) is 6.26 Å². The zero-order valence-electron chi connectivity index (χ0n) is 16.2. The molecule has 0 heterocycles. The Labute approximate surface area is 169 Å². The predicted molar refractivity (Wildman–Crippen MR) is 113 cm³/mol. The highest BCUT2D eigenvalue weighted by atomic mass is 127. The van der Waals surface area contributed by atoms with Gasteiger partial charge in [-0.15, -0.1) is 24.0 Å². The molecule has 7 nitrogen and oxygen atoms in total. The third kappa shape index (κ3) is 6.26. The number of guanidine groups is 1. The predicted octanol–water partition coefficient (Wildman–Crippen LogP) is 1.24. The first-order valence-electron chi connectivity index (χ1n) is 8.31. The molecule has 0 bridgehead atoms. The largest absolute Gasteiger partial charge is 0.355 e. The summed E-state index contributed by atoms with van der Waals surface area (Å²) in [6, 6.07) is 0. The quantitative estimate of drug-likeness (QED) is 0.334. The van der Waals surface area contributed by atoms with Gasteiger partial charge in [0.05, 0.1) is 10.2 Å². The molecule has 1 fully saturated rings. The minimum Gasteiger partial charge on any atom is -0.355 e. The first kappa shape index (κ1) is 24.4. The lowest BCUT2D eigenvalue weighted by Crippen LogP contribution is -2.52. The van der Waals surface area contributed by atoms with Gasteiger partial charge in [0, 0.05) is 40.5 Å². The maximum absolute atomic E-state index is 12.6. The molecule has 0 atom stereocenters. The van der Waals surface area contributed by atoms with E-state index >= 15 is 0 Å². The lowest BCUT2D eigenvalue weighted by Gasteiger charge is -2.32. The highest BCUT2D eigenvalue weighted by Crippen LogP contribution is 2.38. The number of carbonyl (C=O) groups is 1. The van der Waals surface area contributed by atoms with Crippen LogP contribution in [0, 0.1) is 5.41 Å². The standard InChI is InChI=1S/C16H32N4O3S.HI/c1-15(2,24(6,22)23)11-18-14(17-3)19-12-16(9-7-8-10-16)13(21)20(4)5;/h7-12H2,1-6H3,(H2,17,18,19);1H. The summed E-state index contributed by atoms with van der Waals surface area (Å²) >= 11 is 0. The molecule has 1 aliphatic carbocycles. The molecule has 1 aliphatic rings. The Balaban J connectivity index is 0.00000576. The molecular formula is C16H33IN4O3S. The van der Waals surface area contributed by atoms with Crippen molar-refractivity contribution in [3.63, 3.8) is 0 Å². The molecule has 0 spiro atoms. The first-order chi connectivity index (χ1) is 11.0. The van der Waals surface area contributed by atoms with Gasteiger partial charge in [0.15, 0.2) is 15.8 Å². The summed E-state index contributed by atoms with van der Waals surface area (Å²) in [5.74, 6) is 0.656. The highest BCUT2D eigenvalue weighted by molar-refractivity contribution is 14.0. The van der Waals surface area contributed by atoms with Gasteiger partial charge >= 0.3 is 0 Å². The van der Waals surface area contributed by atoms with Crippen LogP contribution in [0.3, 0.4) is 0 Å². The van der Waals surface area contributed by atoms with Crippen LogP contribution in [-0.4, -0.2) is 70.4 Å². The summed E-state index contributed by atoms with van der Waals surface area (Å²) in [7, 11) is 2.02. The van der Waals surface area contributed by atoms with Crippen LogP contribution in [0.2, 0.25) is 0 Å². The van der Waals surface area contributed by atoms with Gasteiger partial charge in [-0.25, -0.2) is 8.42 Å². The van der Waals surface area contributed by atoms with Gasteiger partial charge in [0.2, 0.25) is 5.91 Å². The SMILES string of the molecule is CN=C(NCC1(C(=O)N(C)C)CCCC1)NCC(C)(C)S(C)(=O)=O.I. The molecule has 2 N–H and O–H groups in total. The van der Waals surface area contributed by atoms with Crippen LogP contribution in [0.1, 0.15) is 39.5 Å². The van der Waals surface area contributed by atoms with Crippen molar-refractivity contribution >= 4 is 45.7 Å². The number of carbonyl (C=O) groups excluding carboxylic acids is 1. The van der Waals surface area contributed by atoms with Gasteiger partial charge in [-0.3, -0.25) is 9.79 Å². The summed E-state index contributed by atoms with van der Waals surface area (Å²) in [5.41, 5.74) is -0.395. The van der Waals surface area contributed by atoms with E-state index in [0.29, 0.717) is 12.5 Å². The molecule has 1 rings (SSSR count). The molecule has 0 unspecified atom stereocenters. The van der Waals surface area contributed by atoms with E-state index in [4.69, 9.17) is 0 Å². The zero-order chi connectivity index (χ0) is 18.6. The monoisotopic (exact) mass is 488 g/mol. The second-order valence-corrected chi connectivity index (χ2v) is 10.1. The molecule has 0 radical (unpaired) electrons. The van der Waals surface area contributed by atoms with Crippen LogP contribution >= 0.6 is 24.0 Å². The topological polar surface area (TPSA) is 90.9 Å². The maximum atomic E-state index is 12.6. The molecule has 0 aromatic heterocycles. The van der Waals surface area contributed by atoms with Gasteiger partial charge in [-0.1, -0.05) is 12.8 Å². The number of nitrogens with zero attached hydrogens (tertiary/aromatic N) is 2. The first-order valence-corrected chi connectivity index (χ1v) is 10.2.